The van der Waals surface area contributed by atoms with Gasteiger partial charge < -0.3 is 9.64 Å². The first-order valence-electron chi connectivity index (χ1n) is 7.62. The van der Waals surface area contributed by atoms with Crippen LogP contribution < -0.4 is 4.74 Å². The molecule has 114 valence electrons. The third kappa shape index (κ3) is 3.89. The molecule has 1 amide bonds. The maximum Gasteiger partial charge on any atom is 0.225 e. The lowest BCUT2D eigenvalue weighted by atomic mass is 10.2. The Morgan fingerprint density at radius 3 is 2.57 bits per heavy atom. The van der Waals surface area contributed by atoms with Gasteiger partial charge in [-0.3, -0.25) is 9.69 Å². The van der Waals surface area contributed by atoms with Gasteiger partial charge in [0.25, 0.3) is 0 Å². The van der Waals surface area contributed by atoms with Crippen molar-refractivity contribution in [1.82, 2.24) is 9.80 Å². The fourth-order valence-corrected chi connectivity index (χ4v) is 2.82. The van der Waals surface area contributed by atoms with Crippen LogP contribution in [0.1, 0.15) is 12.8 Å². The van der Waals surface area contributed by atoms with E-state index in [1.807, 2.05) is 29.2 Å². The van der Waals surface area contributed by atoms with Gasteiger partial charge in [-0.05, 0) is 25.0 Å². The lowest BCUT2D eigenvalue weighted by Gasteiger charge is -2.34. The number of ether oxygens (including phenoxy) is 1. The van der Waals surface area contributed by atoms with Crippen molar-refractivity contribution < 1.29 is 9.53 Å². The van der Waals surface area contributed by atoms with Crippen LogP contribution in [0.15, 0.2) is 24.3 Å². The molecule has 2 aliphatic rings. The molecule has 0 radical (unpaired) electrons. The van der Waals surface area contributed by atoms with Gasteiger partial charge in [0.15, 0.2) is 0 Å². The van der Waals surface area contributed by atoms with Crippen molar-refractivity contribution in [2.75, 3.05) is 39.3 Å². The summed E-state index contributed by atoms with van der Waals surface area (Å²) < 4.78 is 5.71. The van der Waals surface area contributed by atoms with Gasteiger partial charge in [-0.25, -0.2) is 0 Å². The average Bonchev–Trinajstić information content (AvgIpc) is 3.34. The maximum absolute atomic E-state index is 12.0. The summed E-state index contributed by atoms with van der Waals surface area (Å²) in [7, 11) is 0. The molecule has 2 fully saturated rings. The molecule has 0 spiro atoms. The highest BCUT2D eigenvalue weighted by atomic mass is 35.5. The summed E-state index contributed by atoms with van der Waals surface area (Å²) in [5.41, 5.74) is 0. The molecule has 1 aromatic carbocycles. The van der Waals surface area contributed by atoms with E-state index in [0.717, 1.165) is 51.3 Å². The third-order valence-electron chi connectivity index (χ3n) is 4.11. The van der Waals surface area contributed by atoms with Crippen LogP contribution in [0.5, 0.6) is 5.75 Å². The van der Waals surface area contributed by atoms with Crippen molar-refractivity contribution in [3.63, 3.8) is 0 Å². The Morgan fingerprint density at radius 1 is 1.19 bits per heavy atom. The lowest BCUT2D eigenvalue weighted by Crippen LogP contribution is -2.50. The quantitative estimate of drug-likeness (QED) is 0.836. The Bertz CT molecular complexity index is 497. The monoisotopic (exact) mass is 308 g/mol. The zero-order chi connectivity index (χ0) is 14.7. The largest absolute Gasteiger partial charge is 0.491 e. The van der Waals surface area contributed by atoms with Crippen molar-refractivity contribution in [1.29, 1.82) is 0 Å². The zero-order valence-electron chi connectivity index (χ0n) is 12.1. The van der Waals surface area contributed by atoms with Crippen molar-refractivity contribution in [3.05, 3.63) is 29.3 Å². The van der Waals surface area contributed by atoms with E-state index in [9.17, 15) is 4.79 Å². The Hall–Kier alpha value is -1.26. The predicted octanol–water partition coefficient (Wildman–Crippen LogP) is 2.27. The summed E-state index contributed by atoms with van der Waals surface area (Å²) in [5.74, 6) is 1.43. The highest BCUT2D eigenvalue weighted by Gasteiger charge is 2.34. The van der Waals surface area contributed by atoms with Gasteiger partial charge in [-0.15, -0.1) is 0 Å². The van der Waals surface area contributed by atoms with Gasteiger partial charge in [0.05, 0.1) is 5.02 Å². The smallest absolute Gasteiger partial charge is 0.225 e. The summed E-state index contributed by atoms with van der Waals surface area (Å²) in [6, 6.07) is 7.53. The summed E-state index contributed by atoms with van der Waals surface area (Å²) >= 11 is 6.05. The second-order valence-corrected chi connectivity index (χ2v) is 6.13. The van der Waals surface area contributed by atoms with Crippen molar-refractivity contribution in [2.24, 2.45) is 5.92 Å². The number of rotatable bonds is 5. The number of nitrogens with zero attached hydrogens (tertiary/aromatic N) is 2. The number of para-hydroxylation sites is 1. The van der Waals surface area contributed by atoms with Crippen LogP contribution in [0.3, 0.4) is 0 Å². The summed E-state index contributed by atoms with van der Waals surface area (Å²) in [5, 5.41) is 0.650. The van der Waals surface area contributed by atoms with Crippen LogP contribution in [0, 0.1) is 5.92 Å². The van der Waals surface area contributed by atoms with E-state index in [4.69, 9.17) is 16.3 Å². The predicted molar refractivity (Wildman–Crippen MR) is 82.7 cm³/mol. The molecule has 0 aromatic heterocycles. The first kappa shape index (κ1) is 14.7. The van der Waals surface area contributed by atoms with Crippen molar-refractivity contribution in [2.45, 2.75) is 12.8 Å². The molecule has 4 nitrogen and oxygen atoms in total. The van der Waals surface area contributed by atoms with E-state index >= 15 is 0 Å². The number of carbonyl (C=O) groups is 1. The minimum absolute atomic E-state index is 0.333. The Labute approximate surface area is 130 Å². The standard InChI is InChI=1S/C16H21ClN2O2/c17-14-3-1-2-4-15(14)21-12-11-18-7-9-19(10-8-18)16(20)13-5-6-13/h1-4,13H,5-12H2. The topological polar surface area (TPSA) is 32.8 Å². The highest BCUT2D eigenvalue weighted by Crippen LogP contribution is 2.31. The third-order valence-corrected chi connectivity index (χ3v) is 4.42. The molecule has 5 heteroatoms. The Morgan fingerprint density at radius 2 is 1.90 bits per heavy atom. The molecule has 3 rings (SSSR count). The number of hydrogen-bond acceptors (Lipinski definition) is 3. The summed E-state index contributed by atoms with van der Waals surface area (Å²) in [6.45, 7) is 5.06. The van der Waals surface area contributed by atoms with Crippen LogP contribution in [-0.2, 0) is 4.79 Å². The molecule has 1 aliphatic heterocycles. The number of hydrogen-bond donors (Lipinski definition) is 0. The molecule has 0 bridgehead atoms. The van der Waals surface area contributed by atoms with Crippen LogP contribution >= 0.6 is 11.6 Å². The fourth-order valence-electron chi connectivity index (χ4n) is 2.63. The molecule has 1 aliphatic carbocycles. The van der Waals surface area contributed by atoms with Gasteiger partial charge in [0.1, 0.15) is 12.4 Å². The Kier molecular flexibility index (Phi) is 4.66. The molecule has 0 unspecified atom stereocenters. The SMILES string of the molecule is O=C(C1CC1)N1CCN(CCOc2ccccc2Cl)CC1. The minimum Gasteiger partial charge on any atom is -0.491 e. The minimum atomic E-state index is 0.333. The van der Waals surface area contributed by atoms with Crippen LogP contribution in [0.2, 0.25) is 5.02 Å². The Balaban J connectivity index is 1.37. The van der Waals surface area contributed by atoms with E-state index in [0.29, 0.717) is 23.5 Å². The molecule has 0 N–H and O–H groups in total. The van der Waals surface area contributed by atoms with Gasteiger partial charge in [0.2, 0.25) is 5.91 Å². The summed E-state index contributed by atoms with van der Waals surface area (Å²) in [4.78, 5) is 16.3. The molecule has 21 heavy (non-hydrogen) atoms. The van der Waals surface area contributed by atoms with Crippen molar-refractivity contribution >= 4 is 17.5 Å². The number of benzene rings is 1. The molecular weight excluding hydrogens is 288 g/mol. The van der Waals surface area contributed by atoms with E-state index in [2.05, 4.69) is 4.90 Å². The van der Waals surface area contributed by atoms with Crippen LogP contribution in [-0.4, -0.2) is 55.0 Å². The zero-order valence-corrected chi connectivity index (χ0v) is 12.9. The molecule has 1 heterocycles. The molecule has 1 saturated heterocycles. The van der Waals surface area contributed by atoms with E-state index in [-0.39, 0.29) is 0 Å². The van der Waals surface area contributed by atoms with E-state index in [1.165, 1.54) is 0 Å². The lowest BCUT2D eigenvalue weighted by molar-refractivity contribution is -0.134. The highest BCUT2D eigenvalue weighted by molar-refractivity contribution is 6.32. The van der Waals surface area contributed by atoms with E-state index in [1.54, 1.807) is 0 Å². The van der Waals surface area contributed by atoms with Crippen LogP contribution in [0.4, 0.5) is 0 Å². The molecule has 1 saturated carbocycles. The number of carbonyl (C=O) groups excluding carboxylic acids is 1. The average molecular weight is 309 g/mol. The summed E-state index contributed by atoms with van der Waals surface area (Å²) in [6.07, 6.45) is 2.18. The molecule has 1 aromatic rings. The fraction of sp³-hybridized carbons (Fsp3) is 0.562. The normalized spacial score (nSPS) is 19.6. The van der Waals surface area contributed by atoms with E-state index < -0.39 is 0 Å². The van der Waals surface area contributed by atoms with Gasteiger partial charge >= 0.3 is 0 Å². The maximum atomic E-state index is 12.0. The second-order valence-electron chi connectivity index (χ2n) is 5.72. The van der Waals surface area contributed by atoms with Crippen LogP contribution in [0.25, 0.3) is 0 Å². The number of piperazine rings is 1. The number of amides is 1. The second kappa shape index (κ2) is 6.67. The van der Waals surface area contributed by atoms with Gasteiger partial charge in [0, 0.05) is 38.6 Å². The van der Waals surface area contributed by atoms with Crippen molar-refractivity contribution in [3.8, 4) is 5.75 Å². The molecule has 0 atom stereocenters. The first-order valence-corrected chi connectivity index (χ1v) is 8.00. The van der Waals surface area contributed by atoms with Gasteiger partial charge in [-0.1, -0.05) is 23.7 Å². The number of halogens is 1. The first-order chi connectivity index (χ1) is 10.2. The van der Waals surface area contributed by atoms with Gasteiger partial charge in [-0.2, -0.15) is 0 Å². The molecular formula is C16H21ClN2O2.